The summed E-state index contributed by atoms with van der Waals surface area (Å²) in [6.45, 7) is 1.50. The van der Waals surface area contributed by atoms with Gasteiger partial charge in [-0.3, -0.25) is 4.79 Å². The van der Waals surface area contributed by atoms with Crippen LogP contribution in [0.5, 0.6) is 17.2 Å². The van der Waals surface area contributed by atoms with E-state index < -0.39 is 0 Å². The molecule has 0 fully saturated rings. The first-order valence-corrected chi connectivity index (χ1v) is 5.63. The van der Waals surface area contributed by atoms with Crippen LogP contribution in [0.3, 0.4) is 0 Å². The molecule has 18 heavy (non-hydrogen) atoms. The van der Waals surface area contributed by atoms with Gasteiger partial charge in [-0.05, 0) is 31.2 Å². The van der Waals surface area contributed by atoms with E-state index in [2.05, 4.69) is 0 Å². The Morgan fingerprint density at radius 1 is 0.944 bits per heavy atom. The second kappa shape index (κ2) is 5.36. The summed E-state index contributed by atoms with van der Waals surface area (Å²) in [5.41, 5.74) is 0.462. The fraction of sp³-hybridized carbons (Fsp3) is 0.133. The minimum Gasteiger partial charge on any atom is -0.496 e. The predicted molar refractivity (Wildman–Crippen MR) is 69.5 cm³/mol. The number of Topliss-reactive ketones (excluding diaryl/α,β-unsaturated/α-hetero) is 1. The lowest BCUT2D eigenvalue weighted by molar-refractivity contribution is 0.101. The molecule has 0 unspecified atom stereocenters. The van der Waals surface area contributed by atoms with Crippen molar-refractivity contribution >= 4 is 5.78 Å². The third-order valence-corrected chi connectivity index (χ3v) is 2.53. The summed E-state index contributed by atoms with van der Waals surface area (Å²) in [5.74, 6) is 1.63. The second-order valence-corrected chi connectivity index (χ2v) is 3.80. The second-order valence-electron chi connectivity index (χ2n) is 3.80. The minimum absolute atomic E-state index is 0.0848. The Morgan fingerprint density at radius 2 is 1.61 bits per heavy atom. The van der Waals surface area contributed by atoms with Crippen LogP contribution in [0, 0.1) is 0 Å². The van der Waals surface area contributed by atoms with E-state index in [4.69, 9.17) is 9.47 Å². The Kier molecular flexibility index (Phi) is 3.63. The predicted octanol–water partition coefficient (Wildman–Crippen LogP) is 3.69. The van der Waals surface area contributed by atoms with Crippen molar-refractivity contribution < 1.29 is 14.3 Å². The molecule has 0 N–H and O–H groups in total. The molecular weight excluding hydrogens is 228 g/mol. The third kappa shape index (κ3) is 2.51. The summed E-state index contributed by atoms with van der Waals surface area (Å²) in [6.07, 6.45) is 0. The lowest BCUT2D eigenvalue weighted by Gasteiger charge is -2.12. The highest BCUT2D eigenvalue weighted by atomic mass is 16.5. The van der Waals surface area contributed by atoms with E-state index in [0.29, 0.717) is 22.8 Å². The molecular formula is C15H14O3. The van der Waals surface area contributed by atoms with Crippen LogP contribution in [-0.4, -0.2) is 12.9 Å². The summed E-state index contributed by atoms with van der Waals surface area (Å²) < 4.78 is 10.9. The highest BCUT2D eigenvalue weighted by molar-refractivity contribution is 5.99. The smallest absolute Gasteiger partial charge is 0.167 e. The molecule has 3 heteroatoms. The van der Waals surface area contributed by atoms with Crippen molar-refractivity contribution in [2.45, 2.75) is 6.92 Å². The van der Waals surface area contributed by atoms with E-state index in [9.17, 15) is 4.79 Å². The van der Waals surface area contributed by atoms with Crippen LogP contribution < -0.4 is 9.47 Å². The van der Waals surface area contributed by atoms with Gasteiger partial charge in [-0.25, -0.2) is 0 Å². The highest BCUT2D eigenvalue weighted by Gasteiger charge is 2.15. The van der Waals surface area contributed by atoms with Crippen LogP contribution in [-0.2, 0) is 0 Å². The number of benzene rings is 2. The number of hydrogen-bond donors (Lipinski definition) is 0. The van der Waals surface area contributed by atoms with E-state index in [1.165, 1.54) is 14.0 Å². The van der Waals surface area contributed by atoms with Crippen molar-refractivity contribution in [2.24, 2.45) is 0 Å². The highest BCUT2D eigenvalue weighted by Crippen LogP contribution is 2.32. The fourth-order valence-electron chi connectivity index (χ4n) is 1.73. The van der Waals surface area contributed by atoms with Crippen molar-refractivity contribution in [2.75, 3.05) is 7.11 Å². The summed E-state index contributed by atoms with van der Waals surface area (Å²) >= 11 is 0. The van der Waals surface area contributed by atoms with Gasteiger partial charge in [-0.1, -0.05) is 24.3 Å². The topological polar surface area (TPSA) is 35.5 Å². The van der Waals surface area contributed by atoms with Gasteiger partial charge in [0.05, 0.1) is 7.11 Å². The van der Waals surface area contributed by atoms with Gasteiger partial charge >= 0.3 is 0 Å². The molecule has 0 bridgehead atoms. The molecule has 2 aromatic carbocycles. The lowest BCUT2D eigenvalue weighted by Crippen LogP contribution is -2.00. The van der Waals surface area contributed by atoms with Gasteiger partial charge in [0, 0.05) is 0 Å². The number of hydrogen-bond acceptors (Lipinski definition) is 3. The van der Waals surface area contributed by atoms with Crippen molar-refractivity contribution in [3.63, 3.8) is 0 Å². The molecule has 0 heterocycles. The quantitative estimate of drug-likeness (QED) is 0.767. The molecule has 0 saturated heterocycles. The molecule has 92 valence electrons. The van der Waals surface area contributed by atoms with Crippen molar-refractivity contribution in [3.05, 3.63) is 54.1 Å². The van der Waals surface area contributed by atoms with Gasteiger partial charge in [0.1, 0.15) is 22.8 Å². The molecule has 2 rings (SSSR count). The first-order chi connectivity index (χ1) is 8.72. The monoisotopic (exact) mass is 242 g/mol. The maximum atomic E-state index is 11.7. The zero-order valence-electron chi connectivity index (χ0n) is 10.3. The first kappa shape index (κ1) is 12.2. The molecule has 0 radical (unpaired) electrons. The van der Waals surface area contributed by atoms with Crippen LogP contribution in [0.4, 0.5) is 0 Å². The van der Waals surface area contributed by atoms with Crippen LogP contribution in [0.1, 0.15) is 17.3 Å². The van der Waals surface area contributed by atoms with Crippen LogP contribution in [0.15, 0.2) is 48.5 Å². The van der Waals surface area contributed by atoms with E-state index >= 15 is 0 Å². The van der Waals surface area contributed by atoms with E-state index in [0.717, 1.165) is 0 Å². The SMILES string of the molecule is COc1cccc(Oc2ccccc2)c1C(C)=O. The van der Waals surface area contributed by atoms with Gasteiger partial charge in [0.25, 0.3) is 0 Å². The number of ether oxygens (including phenoxy) is 2. The Bertz CT molecular complexity index is 547. The molecule has 2 aromatic rings. The fourth-order valence-corrected chi connectivity index (χ4v) is 1.73. The largest absolute Gasteiger partial charge is 0.496 e. The van der Waals surface area contributed by atoms with Crippen LogP contribution >= 0.6 is 0 Å². The minimum atomic E-state index is -0.0848. The number of carbonyl (C=O) groups is 1. The summed E-state index contributed by atoms with van der Waals surface area (Å²) in [6, 6.07) is 14.6. The molecule has 0 saturated carbocycles. The number of rotatable bonds is 4. The normalized spacial score (nSPS) is 9.89. The van der Waals surface area contributed by atoms with Crippen LogP contribution in [0.2, 0.25) is 0 Å². The maximum Gasteiger partial charge on any atom is 0.167 e. The van der Waals surface area contributed by atoms with Crippen molar-refractivity contribution in [3.8, 4) is 17.2 Å². The Morgan fingerprint density at radius 3 is 2.22 bits per heavy atom. The number of para-hydroxylation sites is 1. The number of ketones is 1. The van der Waals surface area contributed by atoms with Gasteiger partial charge in [0.15, 0.2) is 5.78 Å². The molecule has 0 aromatic heterocycles. The first-order valence-electron chi connectivity index (χ1n) is 5.63. The lowest BCUT2D eigenvalue weighted by atomic mass is 10.1. The van der Waals surface area contributed by atoms with E-state index in [-0.39, 0.29) is 5.78 Å². The van der Waals surface area contributed by atoms with Gasteiger partial charge in [-0.15, -0.1) is 0 Å². The molecule has 0 aliphatic rings. The summed E-state index contributed by atoms with van der Waals surface area (Å²) in [4.78, 5) is 11.7. The van der Waals surface area contributed by atoms with Gasteiger partial charge in [0.2, 0.25) is 0 Å². The molecule has 0 aliphatic heterocycles. The summed E-state index contributed by atoms with van der Waals surface area (Å²) in [7, 11) is 1.54. The van der Waals surface area contributed by atoms with Crippen molar-refractivity contribution in [1.82, 2.24) is 0 Å². The zero-order valence-corrected chi connectivity index (χ0v) is 10.3. The average Bonchev–Trinajstić information content (AvgIpc) is 2.39. The summed E-state index contributed by atoms with van der Waals surface area (Å²) in [5, 5.41) is 0. The Hall–Kier alpha value is -2.29. The van der Waals surface area contributed by atoms with Crippen LogP contribution in [0.25, 0.3) is 0 Å². The molecule has 0 spiro atoms. The Balaban J connectivity index is 2.42. The number of carbonyl (C=O) groups excluding carboxylic acids is 1. The average molecular weight is 242 g/mol. The molecule has 0 atom stereocenters. The molecule has 0 aliphatic carbocycles. The van der Waals surface area contributed by atoms with E-state index in [1.54, 1.807) is 18.2 Å². The third-order valence-electron chi connectivity index (χ3n) is 2.53. The van der Waals surface area contributed by atoms with E-state index in [1.807, 2.05) is 30.3 Å². The standard InChI is InChI=1S/C15H14O3/c1-11(16)15-13(17-2)9-6-10-14(15)18-12-7-4-3-5-8-12/h3-10H,1-2H3. The molecule has 3 nitrogen and oxygen atoms in total. The van der Waals surface area contributed by atoms with Gasteiger partial charge < -0.3 is 9.47 Å². The maximum absolute atomic E-state index is 11.7. The van der Waals surface area contributed by atoms with Crippen molar-refractivity contribution in [1.29, 1.82) is 0 Å². The molecule has 0 amide bonds. The Labute approximate surface area is 106 Å². The number of methoxy groups -OCH3 is 1. The van der Waals surface area contributed by atoms with Gasteiger partial charge in [-0.2, -0.15) is 0 Å². The zero-order chi connectivity index (χ0) is 13.0.